The molecule has 146 valence electrons. The number of hydrogen-bond acceptors (Lipinski definition) is 8. The third-order valence-corrected chi connectivity index (χ3v) is 6.52. The number of aromatic nitrogens is 3. The highest BCUT2D eigenvalue weighted by Gasteiger charge is 2.29. The molecule has 1 amide bonds. The number of fused-ring (bicyclic) bond motifs is 1. The molecule has 1 unspecified atom stereocenters. The largest absolute Gasteiger partial charge is 0.462 e. The van der Waals surface area contributed by atoms with Gasteiger partial charge in [-0.25, -0.2) is 9.47 Å². The standard InChI is InChI=1S/C17H23N5O3S2/c1-4-25-16(24)14-11-6-5-9(2)7-12(11)27-15(14)19-13(23)8-26-17-21-20-10(3)22(17)18/h9H,4-8,18H2,1-3H3,(H,19,23). The molecule has 0 saturated carbocycles. The predicted molar refractivity (Wildman–Crippen MR) is 106 cm³/mol. The Morgan fingerprint density at radius 3 is 2.89 bits per heavy atom. The SMILES string of the molecule is CCOC(=O)c1c(NC(=O)CSc2nnc(C)n2N)sc2c1CCC(C)C2. The lowest BCUT2D eigenvalue weighted by molar-refractivity contribution is -0.113. The Bertz CT molecular complexity index is 861. The lowest BCUT2D eigenvalue weighted by atomic mass is 9.88. The number of hydrogen-bond donors (Lipinski definition) is 2. The second-order valence-corrected chi connectivity index (χ2v) is 8.56. The van der Waals surface area contributed by atoms with E-state index in [2.05, 4.69) is 22.4 Å². The van der Waals surface area contributed by atoms with Crippen LogP contribution in [0.1, 0.15) is 46.9 Å². The Kier molecular flexibility index (Phi) is 6.05. The van der Waals surface area contributed by atoms with Crippen LogP contribution in [0.5, 0.6) is 0 Å². The molecule has 1 atom stereocenters. The summed E-state index contributed by atoms with van der Waals surface area (Å²) in [4.78, 5) is 26.1. The van der Waals surface area contributed by atoms with Crippen LogP contribution in [-0.4, -0.2) is 39.1 Å². The van der Waals surface area contributed by atoms with E-state index in [4.69, 9.17) is 10.6 Å². The lowest BCUT2D eigenvalue weighted by Crippen LogP contribution is -2.18. The third-order valence-electron chi connectivity index (χ3n) is 4.41. The van der Waals surface area contributed by atoms with Crippen molar-refractivity contribution in [3.63, 3.8) is 0 Å². The monoisotopic (exact) mass is 409 g/mol. The molecule has 0 saturated heterocycles. The van der Waals surface area contributed by atoms with E-state index in [0.717, 1.165) is 29.7 Å². The summed E-state index contributed by atoms with van der Waals surface area (Å²) in [5.74, 6) is 6.47. The number of anilines is 1. The molecule has 0 fully saturated rings. The minimum Gasteiger partial charge on any atom is -0.462 e. The van der Waals surface area contributed by atoms with E-state index in [1.54, 1.807) is 13.8 Å². The number of rotatable bonds is 6. The normalized spacial score (nSPS) is 16.0. The van der Waals surface area contributed by atoms with Gasteiger partial charge in [-0.3, -0.25) is 4.79 Å². The average Bonchev–Trinajstić information content (AvgIpc) is 3.13. The number of nitrogens with zero attached hydrogens (tertiary/aromatic N) is 3. The first kappa shape index (κ1) is 19.7. The van der Waals surface area contributed by atoms with Crippen LogP contribution in [0, 0.1) is 12.8 Å². The smallest absolute Gasteiger partial charge is 0.341 e. The van der Waals surface area contributed by atoms with E-state index >= 15 is 0 Å². The summed E-state index contributed by atoms with van der Waals surface area (Å²) in [6.07, 6.45) is 2.79. The number of carbonyl (C=O) groups is 2. The van der Waals surface area contributed by atoms with Gasteiger partial charge >= 0.3 is 5.97 Å². The van der Waals surface area contributed by atoms with E-state index in [9.17, 15) is 9.59 Å². The number of nitrogens with two attached hydrogens (primary N) is 1. The number of ether oxygens (including phenoxy) is 1. The summed E-state index contributed by atoms with van der Waals surface area (Å²) < 4.78 is 6.56. The van der Waals surface area contributed by atoms with Crippen molar-refractivity contribution >= 4 is 40.0 Å². The Hall–Kier alpha value is -2.07. The van der Waals surface area contributed by atoms with Crippen molar-refractivity contribution in [2.24, 2.45) is 5.92 Å². The van der Waals surface area contributed by atoms with Gasteiger partial charge in [0.2, 0.25) is 11.1 Å². The van der Waals surface area contributed by atoms with Crippen molar-refractivity contribution in [2.75, 3.05) is 23.5 Å². The van der Waals surface area contributed by atoms with Crippen LogP contribution in [0.3, 0.4) is 0 Å². The van der Waals surface area contributed by atoms with Gasteiger partial charge < -0.3 is 15.9 Å². The molecule has 27 heavy (non-hydrogen) atoms. The molecule has 1 aliphatic carbocycles. The first-order valence-corrected chi connectivity index (χ1v) is 10.6. The van der Waals surface area contributed by atoms with Crippen LogP contribution in [0.2, 0.25) is 0 Å². The summed E-state index contributed by atoms with van der Waals surface area (Å²) in [6.45, 7) is 6.01. The van der Waals surface area contributed by atoms with E-state index in [1.807, 2.05) is 0 Å². The van der Waals surface area contributed by atoms with Crippen molar-refractivity contribution in [3.8, 4) is 0 Å². The fourth-order valence-corrected chi connectivity index (χ4v) is 5.12. The fourth-order valence-electron chi connectivity index (χ4n) is 3.00. The van der Waals surface area contributed by atoms with Gasteiger partial charge in [-0.1, -0.05) is 18.7 Å². The molecule has 0 spiro atoms. The van der Waals surface area contributed by atoms with E-state index < -0.39 is 0 Å². The van der Waals surface area contributed by atoms with Crippen LogP contribution in [-0.2, 0) is 22.4 Å². The van der Waals surface area contributed by atoms with Gasteiger partial charge in [0.15, 0.2) is 0 Å². The summed E-state index contributed by atoms with van der Waals surface area (Å²) in [7, 11) is 0. The molecule has 2 aromatic heterocycles. The van der Waals surface area contributed by atoms with Crippen LogP contribution in [0.25, 0.3) is 0 Å². The summed E-state index contributed by atoms with van der Waals surface area (Å²) in [5, 5.41) is 11.7. The maximum Gasteiger partial charge on any atom is 0.341 e. The van der Waals surface area contributed by atoms with Gasteiger partial charge in [-0.2, -0.15) is 0 Å². The number of amides is 1. The van der Waals surface area contributed by atoms with Gasteiger partial charge in [0.25, 0.3) is 0 Å². The molecule has 0 aliphatic heterocycles. The van der Waals surface area contributed by atoms with E-state index in [0.29, 0.717) is 34.1 Å². The Labute approximate surface area is 165 Å². The molecule has 0 aromatic carbocycles. The zero-order valence-electron chi connectivity index (χ0n) is 15.6. The molecule has 1 aliphatic rings. The minimum absolute atomic E-state index is 0.122. The number of thiophene rings is 1. The molecule has 3 N–H and O–H groups in total. The molecule has 8 nitrogen and oxygen atoms in total. The summed E-state index contributed by atoms with van der Waals surface area (Å²) >= 11 is 2.67. The maximum absolute atomic E-state index is 12.5. The first-order valence-electron chi connectivity index (χ1n) is 8.82. The molecule has 2 aromatic rings. The topological polar surface area (TPSA) is 112 Å². The van der Waals surface area contributed by atoms with E-state index in [1.165, 1.54) is 27.8 Å². The van der Waals surface area contributed by atoms with Crippen LogP contribution in [0.4, 0.5) is 5.00 Å². The molecule has 0 radical (unpaired) electrons. The zero-order chi connectivity index (χ0) is 19.6. The Morgan fingerprint density at radius 2 is 2.22 bits per heavy atom. The Balaban J connectivity index is 1.76. The highest BCUT2D eigenvalue weighted by atomic mass is 32.2. The van der Waals surface area contributed by atoms with Crippen molar-refractivity contribution < 1.29 is 14.3 Å². The Morgan fingerprint density at radius 1 is 1.44 bits per heavy atom. The van der Waals surface area contributed by atoms with Gasteiger partial charge in [0.1, 0.15) is 10.8 Å². The molecule has 2 heterocycles. The third kappa shape index (κ3) is 4.27. The minimum atomic E-state index is -0.371. The maximum atomic E-state index is 12.5. The van der Waals surface area contributed by atoms with Crippen molar-refractivity contribution in [2.45, 2.75) is 45.2 Å². The molecular weight excluding hydrogens is 386 g/mol. The molecule has 3 rings (SSSR count). The van der Waals surface area contributed by atoms with Crippen molar-refractivity contribution in [1.82, 2.24) is 14.9 Å². The number of carbonyl (C=O) groups excluding carboxylic acids is 2. The summed E-state index contributed by atoms with van der Waals surface area (Å²) in [6, 6.07) is 0. The quantitative estimate of drug-likeness (QED) is 0.428. The zero-order valence-corrected chi connectivity index (χ0v) is 17.2. The highest BCUT2D eigenvalue weighted by Crippen LogP contribution is 2.40. The van der Waals surface area contributed by atoms with Gasteiger partial charge in [0, 0.05) is 4.88 Å². The van der Waals surface area contributed by atoms with Crippen LogP contribution >= 0.6 is 23.1 Å². The number of esters is 1. The number of aryl methyl sites for hydroxylation is 1. The second kappa shape index (κ2) is 8.30. The molecular formula is C17H23N5O3S2. The van der Waals surface area contributed by atoms with Crippen molar-refractivity contribution in [3.05, 3.63) is 21.8 Å². The fraction of sp³-hybridized carbons (Fsp3) is 0.529. The number of thioether (sulfide) groups is 1. The second-order valence-electron chi connectivity index (χ2n) is 6.51. The number of nitrogens with one attached hydrogen (secondary N) is 1. The lowest BCUT2D eigenvalue weighted by Gasteiger charge is -2.18. The highest BCUT2D eigenvalue weighted by molar-refractivity contribution is 7.99. The van der Waals surface area contributed by atoms with Gasteiger partial charge in [-0.15, -0.1) is 21.5 Å². The summed E-state index contributed by atoms with van der Waals surface area (Å²) in [5.41, 5.74) is 1.54. The van der Waals surface area contributed by atoms with E-state index in [-0.39, 0.29) is 17.6 Å². The first-order chi connectivity index (χ1) is 12.9. The van der Waals surface area contributed by atoms with Gasteiger partial charge in [0.05, 0.1) is 17.9 Å². The van der Waals surface area contributed by atoms with Crippen LogP contribution in [0.15, 0.2) is 5.16 Å². The number of nitrogen functional groups attached to an aromatic ring is 1. The predicted octanol–water partition coefficient (Wildman–Crippen LogP) is 2.39. The molecule has 10 heteroatoms. The van der Waals surface area contributed by atoms with Crippen LogP contribution < -0.4 is 11.2 Å². The van der Waals surface area contributed by atoms with Crippen molar-refractivity contribution in [1.29, 1.82) is 0 Å². The van der Waals surface area contributed by atoms with Gasteiger partial charge in [-0.05, 0) is 44.6 Å². The average molecular weight is 410 g/mol. The molecule has 0 bridgehead atoms.